The molecule has 88 valence electrons. The quantitative estimate of drug-likeness (QED) is 0.740. The summed E-state index contributed by atoms with van der Waals surface area (Å²) < 4.78 is 0. The summed E-state index contributed by atoms with van der Waals surface area (Å²) in [5.41, 5.74) is 0.938. The number of nitrogens with zero attached hydrogens (tertiary/aromatic N) is 3. The number of hydrogen-bond acceptors (Lipinski definition) is 3. The summed E-state index contributed by atoms with van der Waals surface area (Å²) in [6, 6.07) is 0. The molecule has 0 saturated heterocycles. The number of hydrogen-bond donors (Lipinski definition) is 0. The zero-order valence-corrected chi connectivity index (χ0v) is 10.7. The first-order valence-electron chi connectivity index (χ1n) is 5.94. The molecule has 1 aliphatic rings. The fourth-order valence-electron chi connectivity index (χ4n) is 1.72. The molecule has 1 saturated carbocycles. The van der Waals surface area contributed by atoms with E-state index in [1.807, 2.05) is 6.92 Å². The molecule has 0 N–H and O–H groups in total. The number of halogens is 1. The van der Waals surface area contributed by atoms with E-state index in [-0.39, 0.29) is 0 Å². The second kappa shape index (κ2) is 5.00. The minimum atomic E-state index is 0.571. The highest BCUT2D eigenvalue weighted by Crippen LogP contribution is 2.31. The van der Waals surface area contributed by atoms with Gasteiger partial charge in [0, 0.05) is 24.8 Å². The van der Waals surface area contributed by atoms with Crippen molar-refractivity contribution in [1.82, 2.24) is 9.97 Å². The standard InChI is InChI=1S/C12H18ClN3/c1-3-6-16(8-10-4-5-10)12-14-7-9(2)11(13)15-12/h7,10H,3-6,8H2,1-2H3. The minimum Gasteiger partial charge on any atom is -0.341 e. The van der Waals surface area contributed by atoms with E-state index < -0.39 is 0 Å². The van der Waals surface area contributed by atoms with Crippen LogP contribution in [-0.4, -0.2) is 23.1 Å². The molecule has 4 heteroatoms. The van der Waals surface area contributed by atoms with Crippen LogP contribution in [0.1, 0.15) is 31.7 Å². The minimum absolute atomic E-state index is 0.571. The van der Waals surface area contributed by atoms with Crippen LogP contribution in [0.25, 0.3) is 0 Å². The van der Waals surface area contributed by atoms with Crippen molar-refractivity contribution in [3.05, 3.63) is 16.9 Å². The number of anilines is 1. The lowest BCUT2D eigenvalue weighted by molar-refractivity contribution is 0.688. The summed E-state index contributed by atoms with van der Waals surface area (Å²) in [7, 11) is 0. The van der Waals surface area contributed by atoms with Gasteiger partial charge in [0.25, 0.3) is 0 Å². The van der Waals surface area contributed by atoms with Gasteiger partial charge in [-0.1, -0.05) is 18.5 Å². The van der Waals surface area contributed by atoms with Crippen molar-refractivity contribution in [1.29, 1.82) is 0 Å². The Bertz CT molecular complexity index is 363. The average molecular weight is 240 g/mol. The maximum Gasteiger partial charge on any atom is 0.226 e. The summed E-state index contributed by atoms with van der Waals surface area (Å²) in [4.78, 5) is 11.0. The van der Waals surface area contributed by atoms with Crippen LogP contribution in [-0.2, 0) is 0 Å². The lowest BCUT2D eigenvalue weighted by atomic mass is 10.3. The Morgan fingerprint density at radius 2 is 2.25 bits per heavy atom. The monoisotopic (exact) mass is 239 g/mol. The number of aromatic nitrogens is 2. The zero-order chi connectivity index (χ0) is 11.5. The molecular weight excluding hydrogens is 222 g/mol. The summed E-state index contributed by atoms with van der Waals surface area (Å²) in [6.45, 7) is 6.19. The van der Waals surface area contributed by atoms with Gasteiger partial charge in [0.2, 0.25) is 5.95 Å². The maximum absolute atomic E-state index is 6.03. The van der Waals surface area contributed by atoms with Crippen molar-refractivity contribution >= 4 is 17.5 Å². The van der Waals surface area contributed by atoms with Crippen LogP contribution in [0.3, 0.4) is 0 Å². The fourth-order valence-corrected chi connectivity index (χ4v) is 1.84. The highest BCUT2D eigenvalue weighted by Gasteiger charge is 2.25. The van der Waals surface area contributed by atoms with E-state index >= 15 is 0 Å². The Kier molecular flexibility index (Phi) is 3.64. The second-order valence-electron chi connectivity index (χ2n) is 4.53. The summed E-state index contributed by atoms with van der Waals surface area (Å²) in [5, 5.41) is 0.571. The van der Waals surface area contributed by atoms with Gasteiger partial charge < -0.3 is 4.90 Å². The van der Waals surface area contributed by atoms with Crippen LogP contribution >= 0.6 is 11.6 Å². The van der Waals surface area contributed by atoms with Crippen molar-refractivity contribution < 1.29 is 0 Å². The van der Waals surface area contributed by atoms with E-state index in [2.05, 4.69) is 21.8 Å². The highest BCUT2D eigenvalue weighted by molar-refractivity contribution is 6.30. The van der Waals surface area contributed by atoms with Gasteiger partial charge in [0.05, 0.1) is 0 Å². The van der Waals surface area contributed by atoms with Crippen LogP contribution < -0.4 is 4.90 Å². The summed E-state index contributed by atoms with van der Waals surface area (Å²) in [6.07, 6.45) is 5.61. The smallest absolute Gasteiger partial charge is 0.226 e. The number of rotatable bonds is 5. The molecular formula is C12H18ClN3. The average Bonchev–Trinajstić information content (AvgIpc) is 3.05. The van der Waals surface area contributed by atoms with Crippen LogP contribution in [0.5, 0.6) is 0 Å². The molecule has 3 nitrogen and oxygen atoms in total. The van der Waals surface area contributed by atoms with Gasteiger partial charge in [-0.05, 0) is 32.1 Å². The summed E-state index contributed by atoms with van der Waals surface area (Å²) >= 11 is 6.03. The molecule has 1 aromatic heterocycles. The molecule has 0 unspecified atom stereocenters. The molecule has 0 bridgehead atoms. The van der Waals surface area contributed by atoms with E-state index in [0.29, 0.717) is 5.15 Å². The van der Waals surface area contributed by atoms with Crippen LogP contribution in [0, 0.1) is 12.8 Å². The first-order valence-corrected chi connectivity index (χ1v) is 6.32. The van der Waals surface area contributed by atoms with Gasteiger partial charge in [0.1, 0.15) is 5.15 Å². The van der Waals surface area contributed by atoms with Crippen LogP contribution in [0.4, 0.5) is 5.95 Å². The van der Waals surface area contributed by atoms with Gasteiger partial charge in [0.15, 0.2) is 0 Å². The molecule has 0 aromatic carbocycles. The third-order valence-corrected chi connectivity index (χ3v) is 3.23. The topological polar surface area (TPSA) is 29.0 Å². The molecule has 0 radical (unpaired) electrons. The molecule has 0 spiro atoms. The molecule has 0 atom stereocenters. The van der Waals surface area contributed by atoms with Gasteiger partial charge >= 0.3 is 0 Å². The van der Waals surface area contributed by atoms with Crippen LogP contribution in [0.2, 0.25) is 5.15 Å². The van der Waals surface area contributed by atoms with Gasteiger partial charge in [-0.2, -0.15) is 0 Å². The summed E-state index contributed by atoms with van der Waals surface area (Å²) in [5.74, 6) is 1.62. The Hall–Kier alpha value is -0.830. The van der Waals surface area contributed by atoms with Crippen molar-refractivity contribution in [3.8, 4) is 0 Å². The van der Waals surface area contributed by atoms with Gasteiger partial charge in [-0.25, -0.2) is 9.97 Å². The fraction of sp³-hybridized carbons (Fsp3) is 0.667. The molecule has 2 rings (SSSR count). The molecule has 1 aromatic rings. The van der Waals surface area contributed by atoms with E-state index in [1.54, 1.807) is 6.20 Å². The highest BCUT2D eigenvalue weighted by atomic mass is 35.5. The first-order chi connectivity index (χ1) is 7.70. The van der Waals surface area contributed by atoms with Crippen molar-refractivity contribution in [2.45, 2.75) is 33.1 Å². The molecule has 1 fully saturated rings. The van der Waals surface area contributed by atoms with Gasteiger partial charge in [-0.3, -0.25) is 0 Å². The molecule has 1 heterocycles. The Balaban J connectivity index is 2.12. The molecule has 0 amide bonds. The first kappa shape index (κ1) is 11.6. The Morgan fingerprint density at radius 3 is 2.81 bits per heavy atom. The number of aryl methyl sites for hydroxylation is 1. The molecule has 1 aliphatic carbocycles. The zero-order valence-electron chi connectivity index (χ0n) is 9.91. The SMILES string of the molecule is CCCN(CC1CC1)c1ncc(C)c(Cl)n1. The van der Waals surface area contributed by atoms with E-state index in [0.717, 1.165) is 36.9 Å². The van der Waals surface area contributed by atoms with Crippen molar-refractivity contribution in [2.75, 3.05) is 18.0 Å². The van der Waals surface area contributed by atoms with E-state index in [1.165, 1.54) is 12.8 Å². The van der Waals surface area contributed by atoms with Gasteiger partial charge in [-0.15, -0.1) is 0 Å². The Morgan fingerprint density at radius 1 is 1.50 bits per heavy atom. The van der Waals surface area contributed by atoms with Crippen molar-refractivity contribution in [2.24, 2.45) is 5.92 Å². The lowest BCUT2D eigenvalue weighted by Gasteiger charge is -2.22. The van der Waals surface area contributed by atoms with E-state index in [4.69, 9.17) is 11.6 Å². The molecule has 16 heavy (non-hydrogen) atoms. The third kappa shape index (κ3) is 2.85. The lowest BCUT2D eigenvalue weighted by Crippen LogP contribution is -2.28. The maximum atomic E-state index is 6.03. The largest absolute Gasteiger partial charge is 0.341 e. The van der Waals surface area contributed by atoms with Crippen LogP contribution in [0.15, 0.2) is 6.20 Å². The van der Waals surface area contributed by atoms with Crippen molar-refractivity contribution in [3.63, 3.8) is 0 Å². The predicted molar refractivity (Wildman–Crippen MR) is 67.0 cm³/mol. The Labute approximate surface area is 102 Å². The van der Waals surface area contributed by atoms with E-state index in [9.17, 15) is 0 Å². The predicted octanol–water partition coefficient (Wildman–Crippen LogP) is 3.06. The third-order valence-electron chi connectivity index (χ3n) is 2.85. The second-order valence-corrected chi connectivity index (χ2v) is 4.89. The normalized spacial score (nSPS) is 15.2. The molecule has 0 aliphatic heterocycles.